The Morgan fingerprint density at radius 3 is 2.58 bits per heavy atom. The van der Waals surface area contributed by atoms with Crippen LogP contribution in [0.3, 0.4) is 0 Å². The van der Waals surface area contributed by atoms with Gasteiger partial charge in [-0.25, -0.2) is 0 Å². The van der Waals surface area contributed by atoms with E-state index in [1.807, 2.05) is 12.1 Å². The molecule has 0 bridgehead atoms. The van der Waals surface area contributed by atoms with Crippen molar-refractivity contribution in [3.05, 3.63) is 28.2 Å². The Balaban J connectivity index is 2.24. The summed E-state index contributed by atoms with van der Waals surface area (Å²) < 4.78 is 1.03. The zero-order valence-corrected chi connectivity index (χ0v) is 13.0. The number of nitrogens with two attached hydrogens (primary N) is 1. The summed E-state index contributed by atoms with van der Waals surface area (Å²) in [5, 5.41) is 7.49. The number of nitrogen functional groups attached to an aromatic ring is 1. The first-order chi connectivity index (χ1) is 9.13. The topological polar surface area (TPSA) is 53.1 Å². The molecule has 104 valence electrons. The van der Waals surface area contributed by atoms with E-state index < -0.39 is 0 Å². The van der Waals surface area contributed by atoms with Gasteiger partial charge in [0.2, 0.25) is 0 Å². The molecule has 0 amide bonds. The smallest absolute Gasteiger partial charge is 0.122 e. The molecular weight excluding hydrogens is 302 g/mol. The van der Waals surface area contributed by atoms with Crippen LogP contribution in [-0.4, -0.2) is 18.4 Å². The van der Waals surface area contributed by atoms with Crippen molar-refractivity contribution >= 4 is 27.5 Å². The Morgan fingerprint density at radius 1 is 1.37 bits per heavy atom. The molecule has 0 aliphatic heterocycles. The summed E-state index contributed by atoms with van der Waals surface area (Å²) in [6.45, 7) is 3.22. The number of nitrogens with one attached hydrogen (secondary N) is 1. The fraction of sp³-hybridized carbons (Fsp3) is 0.533. The van der Waals surface area contributed by atoms with Gasteiger partial charge in [-0.2, -0.15) is 0 Å². The molecule has 4 heteroatoms. The predicted molar refractivity (Wildman–Crippen MR) is 85.1 cm³/mol. The molecule has 0 spiro atoms. The van der Waals surface area contributed by atoms with Gasteiger partial charge in [0.05, 0.1) is 5.69 Å². The summed E-state index contributed by atoms with van der Waals surface area (Å²) >= 11 is 3.63. The second kappa shape index (κ2) is 6.42. The van der Waals surface area contributed by atoms with Gasteiger partial charge in [-0.1, -0.05) is 19.3 Å². The van der Waals surface area contributed by atoms with E-state index in [0.29, 0.717) is 6.04 Å². The lowest BCUT2D eigenvalue weighted by Crippen LogP contribution is -2.37. The molecule has 1 aromatic rings. The van der Waals surface area contributed by atoms with E-state index in [1.54, 1.807) is 0 Å². The van der Waals surface area contributed by atoms with Gasteiger partial charge in [0, 0.05) is 22.6 Å². The number of hydrogen-bond donors (Lipinski definition) is 2. The summed E-state index contributed by atoms with van der Waals surface area (Å²) in [5.74, 6) is 0.118. The molecule has 0 atom stereocenters. The minimum absolute atomic E-state index is 0.118. The molecule has 19 heavy (non-hydrogen) atoms. The van der Waals surface area contributed by atoms with Crippen LogP contribution >= 0.6 is 15.9 Å². The van der Waals surface area contributed by atoms with E-state index in [0.717, 1.165) is 16.6 Å². The Bertz CT molecular complexity index is 453. The predicted octanol–water partition coefficient (Wildman–Crippen LogP) is 3.89. The minimum Gasteiger partial charge on any atom is -0.384 e. The average Bonchev–Trinajstić information content (AvgIpc) is 2.42. The van der Waals surface area contributed by atoms with Gasteiger partial charge in [-0.05, 0) is 53.9 Å². The standard InChI is InChI=1S/C15H22BrN3/c1-2-19(12-6-4-3-5-7-12)14-9-8-11(15(17)18)10-13(14)16/h8-10,12H,2-7H2,1H3,(H3,17,18). The zero-order chi connectivity index (χ0) is 13.8. The number of benzene rings is 1. The van der Waals surface area contributed by atoms with Crippen LogP contribution in [0.25, 0.3) is 0 Å². The lowest BCUT2D eigenvalue weighted by molar-refractivity contribution is 0.418. The summed E-state index contributed by atoms with van der Waals surface area (Å²) in [4.78, 5) is 2.48. The molecule has 1 aromatic carbocycles. The third-order valence-corrected chi connectivity index (χ3v) is 4.56. The van der Waals surface area contributed by atoms with Crippen LogP contribution in [0.1, 0.15) is 44.6 Å². The van der Waals surface area contributed by atoms with Crippen molar-refractivity contribution in [2.75, 3.05) is 11.4 Å². The van der Waals surface area contributed by atoms with Gasteiger partial charge < -0.3 is 10.6 Å². The van der Waals surface area contributed by atoms with Crippen molar-refractivity contribution in [2.45, 2.75) is 45.1 Å². The second-order valence-corrected chi connectivity index (χ2v) is 6.01. The van der Waals surface area contributed by atoms with Crippen LogP contribution in [0, 0.1) is 5.41 Å². The highest BCUT2D eigenvalue weighted by Crippen LogP contribution is 2.32. The molecular formula is C15H22BrN3. The number of amidine groups is 1. The first kappa shape index (κ1) is 14.4. The maximum Gasteiger partial charge on any atom is 0.122 e. The fourth-order valence-corrected chi connectivity index (χ4v) is 3.53. The molecule has 0 heterocycles. The molecule has 0 saturated heterocycles. The van der Waals surface area contributed by atoms with Crippen molar-refractivity contribution in [1.82, 2.24) is 0 Å². The zero-order valence-electron chi connectivity index (χ0n) is 11.5. The molecule has 1 fully saturated rings. The maximum atomic E-state index is 7.49. The molecule has 0 unspecified atom stereocenters. The van der Waals surface area contributed by atoms with Crippen molar-refractivity contribution in [3.63, 3.8) is 0 Å². The van der Waals surface area contributed by atoms with Crippen LogP contribution < -0.4 is 10.6 Å². The van der Waals surface area contributed by atoms with E-state index in [-0.39, 0.29) is 5.84 Å². The quantitative estimate of drug-likeness (QED) is 0.652. The van der Waals surface area contributed by atoms with Gasteiger partial charge >= 0.3 is 0 Å². The SMILES string of the molecule is CCN(c1ccc(C(=N)N)cc1Br)C1CCCCC1. The minimum atomic E-state index is 0.118. The van der Waals surface area contributed by atoms with E-state index >= 15 is 0 Å². The van der Waals surface area contributed by atoms with Gasteiger partial charge in [-0.3, -0.25) is 5.41 Å². The summed E-state index contributed by atoms with van der Waals surface area (Å²) in [6.07, 6.45) is 6.62. The summed E-state index contributed by atoms with van der Waals surface area (Å²) in [7, 11) is 0. The first-order valence-corrected chi connectivity index (χ1v) is 7.83. The van der Waals surface area contributed by atoms with Crippen molar-refractivity contribution in [2.24, 2.45) is 5.73 Å². The van der Waals surface area contributed by atoms with Crippen molar-refractivity contribution < 1.29 is 0 Å². The Morgan fingerprint density at radius 2 is 2.05 bits per heavy atom. The molecule has 2 rings (SSSR count). The average molecular weight is 324 g/mol. The first-order valence-electron chi connectivity index (χ1n) is 7.04. The second-order valence-electron chi connectivity index (χ2n) is 5.16. The highest BCUT2D eigenvalue weighted by molar-refractivity contribution is 9.10. The third-order valence-electron chi connectivity index (χ3n) is 3.92. The van der Waals surface area contributed by atoms with Gasteiger partial charge in [0.15, 0.2) is 0 Å². The van der Waals surface area contributed by atoms with Gasteiger partial charge in [-0.15, -0.1) is 0 Å². The monoisotopic (exact) mass is 323 g/mol. The molecule has 3 nitrogen and oxygen atoms in total. The van der Waals surface area contributed by atoms with Crippen LogP contribution in [0.4, 0.5) is 5.69 Å². The highest BCUT2D eigenvalue weighted by atomic mass is 79.9. The van der Waals surface area contributed by atoms with Gasteiger partial charge in [0.25, 0.3) is 0 Å². The van der Waals surface area contributed by atoms with Gasteiger partial charge in [0.1, 0.15) is 5.84 Å². The van der Waals surface area contributed by atoms with Crippen LogP contribution in [0.2, 0.25) is 0 Å². The molecule has 1 saturated carbocycles. The van der Waals surface area contributed by atoms with E-state index in [1.165, 1.54) is 37.8 Å². The molecule has 1 aliphatic rings. The van der Waals surface area contributed by atoms with Crippen LogP contribution in [-0.2, 0) is 0 Å². The maximum absolute atomic E-state index is 7.49. The van der Waals surface area contributed by atoms with Crippen LogP contribution in [0.15, 0.2) is 22.7 Å². The van der Waals surface area contributed by atoms with Crippen molar-refractivity contribution in [3.8, 4) is 0 Å². The van der Waals surface area contributed by atoms with E-state index in [2.05, 4.69) is 33.8 Å². The number of rotatable bonds is 4. The lowest BCUT2D eigenvalue weighted by atomic mass is 9.93. The molecule has 1 aliphatic carbocycles. The molecule has 3 N–H and O–H groups in total. The number of hydrogen-bond acceptors (Lipinski definition) is 2. The Kier molecular flexibility index (Phi) is 4.86. The number of anilines is 1. The van der Waals surface area contributed by atoms with Crippen LogP contribution in [0.5, 0.6) is 0 Å². The Hall–Kier alpha value is -1.03. The normalized spacial score (nSPS) is 16.3. The largest absolute Gasteiger partial charge is 0.384 e. The third kappa shape index (κ3) is 3.30. The number of halogens is 1. The number of nitrogens with zero attached hydrogens (tertiary/aromatic N) is 1. The molecule has 0 radical (unpaired) electrons. The Labute approximate surface area is 123 Å². The van der Waals surface area contributed by atoms with E-state index in [4.69, 9.17) is 11.1 Å². The van der Waals surface area contributed by atoms with Crippen molar-refractivity contribution in [1.29, 1.82) is 5.41 Å². The fourth-order valence-electron chi connectivity index (χ4n) is 2.93. The summed E-state index contributed by atoms with van der Waals surface area (Å²) in [5.41, 5.74) is 7.53. The van der Waals surface area contributed by atoms with E-state index in [9.17, 15) is 0 Å². The lowest BCUT2D eigenvalue weighted by Gasteiger charge is -2.36. The summed E-state index contributed by atoms with van der Waals surface area (Å²) in [6, 6.07) is 6.62. The molecule has 0 aromatic heterocycles. The highest BCUT2D eigenvalue weighted by Gasteiger charge is 2.21.